The van der Waals surface area contributed by atoms with Crippen molar-refractivity contribution in [1.82, 2.24) is 20.3 Å². The molecule has 1 aliphatic heterocycles. The number of aromatic amines is 1. The fourth-order valence-electron chi connectivity index (χ4n) is 4.69. The lowest BCUT2D eigenvalue weighted by Gasteiger charge is -2.37. The van der Waals surface area contributed by atoms with Crippen molar-refractivity contribution in [2.24, 2.45) is 11.8 Å². The van der Waals surface area contributed by atoms with Crippen LogP contribution in [0.3, 0.4) is 0 Å². The molecule has 2 atom stereocenters. The normalized spacial score (nSPS) is 15.7. The Hall–Kier alpha value is -3.17. The quantitative estimate of drug-likeness (QED) is 0.264. The summed E-state index contributed by atoms with van der Waals surface area (Å²) >= 11 is 6.04. The van der Waals surface area contributed by atoms with Gasteiger partial charge in [0.15, 0.2) is 5.78 Å². The van der Waals surface area contributed by atoms with Gasteiger partial charge in [-0.2, -0.15) is 15.4 Å². The zero-order valence-electron chi connectivity index (χ0n) is 20.5. The highest BCUT2D eigenvalue weighted by molar-refractivity contribution is 6.30. The Bertz CT molecular complexity index is 1200. The lowest BCUT2D eigenvalue weighted by atomic mass is 9.84. The molecular weight excluding hydrogens is 502 g/mol. The first-order valence-corrected chi connectivity index (χ1v) is 12.7. The molecule has 0 bridgehead atoms. The van der Waals surface area contributed by atoms with E-state index in [4.69, 9.17) is 16.3 Å². The standard InChI is InChI=1S/C27H29ClF2N4O3/c1-2-37-27(36)20(14-34-15-22(29)16-34)10-18(11-26(35)25-13-31-33-32-25)9-17-3-5-19(6-4-17)23-12-21(28)7-8-24(23)30/h3-8,12-13,18,20,22H,2,9-11,14-16H2,1H3,(H,31,32,33)/t18-,20+/m1/s1. The minimum absolute atomic E-state index is 0.152. The van der Waals surface area contributed by atoms with Gasteiger partial charge in [0, 0.05) is 36.6 Å². The van der Waals surface area contributed by atoms with Crippen molar-refractivity contribution in [3.63, 3.8) is 0 Å². The molecule has 1 saturated heterocycles. The number of likely N-dealkylation sites (tertiary alicyclic amines) is 1. The summed E-state index contributed by atoms with van der Waals surface area (Å²) in [5.41, 5.74) is 2.24. The summed E-state index contributed by atoms with van der Waals surface area (Å²) in [6, 6.07) is 11.8. The van der Waals surface area contributed by atoms with Gasteiger partial charge in [0.05, 0.1) is 18.7 Å². The molecule has 0 aliphatic carbocycles. The van der Waals surface area contributed by atoms with E-state index in [1.54, 1.807) is 13.0 Å². The van der Waals surface area contributed by atoms with Crippen LogP contribution in [0.15, 0.2) is 48.7 Å². The number of nitrogens with one attached hydrogen (secondary N) is 1. The first-order chi connectivity index (χ1) is 17.8. The highest BCUT2D eigenvalue weighted by Gasteiger charge is 2.33. The summed E-state index contributed by atoms with van der Waals surface area (Å²) in [5.74, 6) is -1.62. The number of carbonyl (C=O) groups is 2. The van der Waals surface area contributed by atoms with Gasteiger partial charge in [0.25, 0.3) is 0 Å². The van der Waals surface area contributed by atoms with E-state index in [1.807, 2.05) is 29.2 Å². The maximum Gasteiger partial charge on any atom is 0.310 e. The van der Waals surface area contributed by atoms with Gasteiger partial charge in [-0.3, -0.25) is 14.5 Å². The molecule has 0 radical (unpaired) electrons. The Morgan fingerprint density at radius 3 is 2.62 bits per heavy atom. The summed E-state index contributed by atoms with van der Waals surface area (Å²) in [4.78, 5) is 27.5. The monoisotopic (exact) mass is 530 g/mol. The fourth-order valence-corrected chi connectivity index (χ4v) is 4.86. The van der Waals surface area contributed by atoms with Crippen molar-refractivity contribution in [1.29, 1.82) is 0 Å². The van der Waals surface area contributed by atoms with Gasteiger partial charge in [-0.1, -0.05) is 35.9 Å². The van der Waals surface area contributed by atoms with Gasteiger partial charge in [-0.05, 0) is 55.0 Å². The minimum atomic E-state index is -0.879. The van der Waals surface area contributed by atoms with Crippen LogP contribution in [0.4, 0.5) is 8.78 Å². The number of ether oxygens (including phenoxy) is 1. The molecule has 0 unspecified atom stereocenters. The van der Waals surface area contributed by atoms with Crippen molar-refractivity contribution < 1.29 is 23.1 Å². The minimum Gasteiger partial charge on any atom is -0.466 e. The van der Waals surface area contributed by atoms with Gasteiger partial charge in [-0.25, -0.2) is 8.78 Å². The van der Waals surface area contributed by atoms with Crippen molar-refractivity contribution in [3.05, 3.63) is 70.8 Å². The Morgan fingerprint density at radius 1 is 1.22 bits per heavy atom. The van der Waals surface area contributed by atoms with Gasteiger partial charge < -0.3 is 4.74 Å². The van der Waals surface area contributed by atoms with Gasteiger partial charge in [0.1, 0.15) is 17.7 Å². The molecule has 196 valence electrons. The Morgan fingerprint density at radius 2 is 1.97 bits per heavy atom. The molecule has 1 aromatic heterocycles. The summed E-state index contributed by atoms with van der Waals surface area (Å²) in [6.07, 6.45) is 1.54. The molecular formula is C27H29ClF2N4O3. The number of benzene rings is 2. The van der Waals surface area contributed by atoms with E-state index in [2.05, 4.69) is 15.4 Å². The van der Waals surface area contributed by atoms with E-state index in [0.29, 0.717) is 48.6 Å². The first-order valence-electron chi connectivity index (χ1n) is 12.3. The highest BCUT2D eigenvalue weighted by Crippen LogP contribution is 2.29. The number of halogens is 3. The summed E-state index contributed by atoms with van der Waals surface area (Å²) in [6.45, 7) is 2.94. The third kappa shape index (κ3) is 7.20. The highest BCUT2D eigenvalue weighted by atomic mass is 35.5. The number of Topliss-reactive ketones (excluding diaryl/α,β-unsaturated/α-hetero) is 1. The van der Waals surface area contributed by atoms with Crippen LogP contribution in [0.1, 0.15) is 35.8 Å². The van der Waals surface area contributed by atoms with E-state index in [9.17, 15) is 18.4 Å². The third-order valence-corrected chi connectivity index (χ3v) is 6.76. The molecule has 0 amide bonds. The van der Waals surface area contributed by atoms with Crippen molar-refractivity contribution in [3.8, 4) is 11.1 Å². The molecule has 1 fully saturated rings. The zero-order valence-corrected chi connectivity index (χ0v) is 21.3. The average Bonchev–Trinajstić information content (AvgIpc) is 3.40. The second-order valence-electron chi connectivity index (χ2n) is 9.37. The second-order valence-corrected chi connectivity index (χ2v) is 9.81. The number of carbonyl (C=O) groups excluding carboxylic acids is 2. The van der Waals surface area contributed by atoms with E-state index in [1.165, 1.54) is 18.3 Å². The molecule has 0 spiro atoms. The van der Waals surface area contributed by atoms with Crippen LogP contribution < -0.4 is 0 Å². The average molecular weight is 531 g/mol. The van der Waals surface area contributed by atoms with Crippen molar-refractivity contribution in [2.75, 3.05) is 26.2 Å². The van der Waals surface area contributed by atoms with Crippen LogP contribution in [0.5, 0.6) is 0 Å². The Labute approximate surface area is 219 Å². The number of hydrogen-bond acceptors (Lipinski definition) is 6. The molecule has 1 aliphatic rings. The number of nitrogens with zero attached hydrogens (tertiary/aromatic N) is 3. The molecule has 2 aromatic carbocycles. The van der Waals surface area contributed by atoms with E-state index in [0.717, 1.165) is 5.56 Å². The number of alkyl halides is 1. The fraction of sp³-hybridized carbons (Fsp3) is 0.407. The number of H-pyrrole nitrogens is 1. The third-order valence-electron chi connectivity index (χ3n) is 6.52. The number of hydrogen-bond donors (Lipinski definition) is 1. The zero-order chi connectivity index (χ0) is 26.4. The lowest BCUT2D eigenvalue weighted by Crippen LogP contribution is -2.51. The number of ketones is 1. The largest absolute Gasteiger partial charge is 0.466 e. The maximum atomic E-state index is 14.3. The smallest absolute Gasteiger partial charge is 0.310 e. The summed E-state index contributed by atoms with van der Waals surface area (Å²) in [5, 5.41) is 10.5. The van der Waals surface area contributed by atoms with Gasteiger partial charge >= 0.3 is 5.97 Å². The first kappa shape index (κ1) is 26.9. The molecule has 10 heteroatoms. The molecule has 7 nitrogen and oxygen atoms in total. The predicted octanol–water partition coefficient (Wildman–Crippen LogP) is 4.92. The predicted molar refractivity (Wildman–Crippen MR) is 135 cm³/mol. The van der Waals surface area contributed by atoms with Crippen LogP contribution in [0.25, 0.3) is 11.1 Å². The summed E-state index contributed by atoms with van der Waals surface area (Å²) in [7, 11) is 0. The lowest BCUT2D eigenvalue weighted by molar-refractivity contribution is -0.150. The molecule has 1 N–H and O–H groups in total. The van der Waals surface area contributed by atoms with Crippen LogP contribution in [0, 0.1) is 17.7 Å². The molecule has 3 aromatic rings. The topological polar surface area (TPSA) is 88.2 Å². The molecule has 2 heterocycles. The maximum absolute atomic E-state index is 14.3. The van der Waals surface area contributed by atoms with E-state index in [-0.39, 0.29) is 42.2 Å². The summed E-state index contributed by atoms with van der Waals surface area (Å²) < 4.78 is 33.0. The van der Waals surface area contributed by atoms with Crippen molar-refractivity contribution in [2.45, 2.75) is 32.4 Å². The molecule has 4 rings (SSSR count). The second kappa shape index (κ2) is 12.4. The number of aromatic nitrogens is 3. The van der Waals surface area contributed by atoms with Crippen LogP contribution in [0.2, 0.25) is 5.02 Å². The van der Waals surface area contributed by atoms with Crippen LogP contribution in [-0.4, -0.2) is 64.5 Å². The molecule has 0 saturated carbocycles. The van der Waals surface area contributed by atoms with Crippen LogP contribution >= 0.6 is 11.6 Å². The Kier molecular flexibility index (Phi) is 9.00. The molecule has 37 heavy (non-hydrogen) atoms. The van der Waals surface area contributed by atoms with E-state index >= 15 is 0 Å². The van der Waals surface area contributed by atoms with Gasteiger partial charge in [0.2, 0.25) is 0 Å². The number of rotatable bonds is 12. The van der Waals surface area contributed by atoms with E-state index < -0.39 is 12.1 Å². The van der Waals surface area contributed by atoms with Crippen LogP contribution in [-0.2, 0) is 16.0 Å². The van der Waals surface area contributed by atoms with Gasteiger partial charge in [-0.15, -0.1) is 0 Å². The van der Waals surface area contributed by atoms with Crippen molar-refractivity contribution >= 4 is 23.4 Å². The SMILES string of the molecule is CCOC(=O)[C@@H](C[C@H](CC(=O)c1cn[nH]n1)Cc1ccc(-c2cc(Cl)ccc2F)cc1)CN1CC(F)C1. The number of esters is 1. The Balaban J connectivity index is 1.52.